The fraction of sp³-hybridized carbons (Fsp3) is 0.294. The predicted molar refractivity (Wildman–Crippen MR) is 85.6 cm³/mol. The fourth-order valence-electron chi connectivity index (χ4n) is 2.90. The molecule has 0 radical (unpaired) electrons. The van der Waals surface area contributed by atoms with E-state index < -0.39 is 5.56 Å². The molecule has 1 aliphatic heterocycles. The van der Waals surface area contributed by atoms with Crippen LogP contribution in [0, 0.1) is 0 Å². The highest BCUT2D eigenvalue weighted by atomic mass is 16.2. The number of carbonyl (C=O) groups is 2. The molecule has 0 saturated heterocycles. The van der Waals surface area contributed by atoms with Gasteiger partial charge in [0, 0.05) is 24.7 Å². The van der Waals surface area contributed by atoms with Gasteiger partial charge in [-0.3, -0.25) is 14.4 Å². The van der Waals surface area contributed by atoms with Crippen molar-refractivity contribution < 1.29 is 9.59 Å². The number of amides is 1. The normalized spacial score (nSPS) is 16.3. The zero-order valence-corrected chi connectivity index (χ0v) is 13.0. The van der Waals surface area contributed by atoms with Crippen molar-refractivity contribution in [1.82, 2.24) is 9.78 Å². The average Bonchev–Trinajstić information content (AvgIpc) is 2.85. The van der Waals surface area contributed by atoms with Crippen LogP contribution < -0.4 is 10.5 Å². The van der Waals surface area contributed by atoms with Crippen molar-refractivity contribution in [2.75, 3.05) is 4.90 Å². The number of rotatable bonds is 3. The Balaban J connectivity index is 1.90. The predicted octanol–water partition coefficient (Wildman–Crippen LogP) is 1.42. The van der Waals surface area contributed by atoms with Gasteiger partial charge in [-0.25, -0.2) is 4.68 Å². The number of anilines is 1. The van der Waals surface area contributed by atoms with E-state index in [1.165, 1.54) is 19.1 Å². The van der Waals surface area contributed by atoms with Crippen molar-refractivity contribution in [2.24, 2.45) is 0 Å². The maximum Gasteiger partial charge on any atom is 0.267 e. The van der Waals surface area contributed by atoms with Crippen molar-refractivity contribution in [3.63, 3.8) is 0 Å². The van der Waals surface area contributed by atoms with Crippen LogP contribution in [0.25, 0.3) is 0 Å². The van der Waals surface area contributed by atoms with E-state index >= 15 is 0 Å². The smallest absolute Gasteiger partial charge is 0.267 e. The first-order valence-electron chi connectivity index (χ1n) is 7.46. The molecule has 1 aromatic carbocycles. The largest absolute Gasteiger partial charge is 0.307 e. The molecule has 1 aromatic heterocycles. The summed E-state index contributed by atoms with van der Waals surface area (Å²) in [7, 11) is 0. The van der Waals surface area contributed by atoms with Gasteiger partial charge in [0.15, 0.2) is 5.78 Å². The Hall–Kier alpha value is -2.76. The van der Waals surface area contributed by atoms with E-state index in [1.807, 2.05) is 31.2 Å². The first-order valence-corrected chi connectivity index (χ1v) is 7.46. The van der Waals surface area contributed by atoms with Gasteiger partial charge in [-0.05, 0) is 31.0 Å². The summed E-state index contributed by atoms with van der Waals surface area (Å²) >= 11 is 0. The molecule has 0 fully saturated rings. The fourth-order valence-corrected chi connectivity index (χ4v) is 2.90. The van der Waals surface area contributed by atoms with E-state index in [0.717, 1.165) is 22.4 Å². The van der Waals surface area contributed by atoms with Crippen LogP contribution in [0.15, 0.2) is 41.2 Å². The maximum absolute atomic E-state index is 12.7. The summed E-state index contributed by atoms with van der Waals surface area (Å²) in [5.74, 6) is -0.455. The second kappa shape index (κ2) is 5.79. The number of para-hydroxylation sites is 1. The molecule has 0 N–H and O–H groups in total. The highest BCUT2D eigenvalue weighted by Gasteiger charge is 2.30. The molecule has 1 unspecified atom stereocenters. The number of benzene rings is 1. The molecule has 0 saturated carbocycles. The monoisotopic (exact) mass is 311 g/mol. The Kier molecular flexibility index (Phi) is 3.82. The van der Waals surface area contributed by atoms with Crippen LogP contribution >= 0.6 is 0 Å². The molecular weight excluding hydrogens is 294 g/mol. The summed E-state index contributed by atoms with van der Waals surface area (Å²) < 4.78 is 1.05. The van der Waals surface area contributed by atoms with E-state index in [1.54, 1.807) is 4.90 Å². The molecule has 6 heteroatoms. The highest BCUT2D eigenvalue weighted by Crippen LogP contribution is 2.31. The lowest BCUT2D eigenvalue weighted by Crippen LogP contribution is -2.40. The Morgan fingerprint density at radius 3 is 2.70 bits per heavy atom. The molecule has 3 rings (SSSR count). The summed E-state index contributed by atoms with van der Waals surface area (Å²) in [6.07, 6.45) is 0.789. The first-order chi connectivity index (χ1) is 11.0. The molecule has 118 valence electrons. The molecule has 1 atom stereocenters. The Morgan fingerprint density at radius 2 is 1.96 bits per heavy atom. The summed E-state index contributed by atoms with van der Waals surface area (Å²) in [4.78, 5) is 37.6. The molecule has 0 spiro atoms. The molecule has 6 nitrogen and oxygen atoms in total. The third-order valence-corrected chi connectivity index (χ3v) is 3.99. The minimum Gasteiger partial charge on any atom is -0.307 e. The number of nitrogens with zero attached hydrogens (tertiary/aromatic N) is 3. The second-order valence-electron chi connectivity index (χ2n) is 5.72. The summed E-state index contributed by atoms with van der Waals surface area (Å²) in [5, 5.41) is 3.97. The molecular formula is C17H17N3O3. The summed E-state index contributed by atoms with van der Waals surface area (Å²) in [6, 6.07) is 10.4. The van der Waals surface area contributed by atoms with E-state index in [4.69, 9.17) is 0 Å². The quantitative estimate of drug-likeness (QED) is 0.804. The third kappa shape index (κ3) is 2.79. The van der Waals surface area contributed by atoms with E-state index in [9.17, 15) is 14.4 Å². The van der Waals surface area contributed by atoms with Gasteiger partial charge in [-0.15, -0.1) is 0 Å². The van der Waals surface area contributed by atoms with Gasteiger partial charge in [0.05, 0.1) is 0 Å². The SMILES string of the molecule is CC(=O)c1ccc(=O)n(CC(=O)N2c3ccccc3CC2C)n1. The van der Waals surface area contributed by atoms with Gasteiger partial charge >= 0.3 is 0 Å². The van der Waals surface area contributed by atoms with Crippen LogP contribution in [0.3, 0.4) is 0 Å². The lowest BCUT2D eigenvalue weighted by atomic mass is 10.1. The molecule has 0 bridgehead atoms. The summed E-state index contributed by atoms with van der Waals surface area (Å²) in [5.41, 5.74) is 1.77. The van der Waals surface area contributed by atoms with E-state index in [-0.39, 0.29) is 30.0 Å². The Labute approximate surface area is 133 Å². The van der Waals surface area contributed by atoms with Gasteiger partial charge in [0.25, 0.3) is 5.56 Å². The Morgan fingerprint density at radius 1 is 1.22 bits per heavy atom. The van der Waals surface area contributed by atoms with Crippen LogP contribution in [-0.4, -0.2) is 27.5 Å². The van der Waals surface area contributed by atoms with E-state index in [2.05, 4.69) is 5.10 Å². The minimum atomic E-state index is -0.400. The Bertz CT molecular complexity index is 841. The van der Waals surface area contributed by atoms with Crippen LogP contribution in [0.5, 0.6) is 0 Å². The van der Waals surface area contributed by atoms with Crippen molar-refractivity contribution in [2.45, 2.75) is 32.9 Å². The van der Waals surface area contributed by atoms with Gasteiger partial charge < -0.3 is 4.90 Å². The standard InChI is InChI=1S/C17H17N3O3/c1-11-9-13-5-3-4-6-15(13)20(11)17(23)10-19-16(22)8-7-14(18-19)12(2)21/h3-8,11H,9-10H2,1-2H3. The number of fused-ring (bicyclic) bond motifs is 1. The van der Waals surface area contributed by atoms with Crippen LogP contribution in [-0.2, 0) is 17.8 Å². The van der Waals surface area contributed by atoms with Crippen LogP contribution in [0.2, 0.25) is 0 Å². The van der Waals surface area contributed by atoms with Gasteiger partial charge in [0.2, 0.25) is 5.91 Å². The van der Waals surface area contributed by atoms with Gasteiger partial charge in [-0.1, -0.05) is 18.2 Å². The van der Waals surface area contributed by atoms with Crippen molar-refractivity contribution in [1.29, 1.82) is 0 Å². The molecule has 2 heterocycles. The van der Waals surface area contributed by atoms with Crippen LogP contribution in [0.4, 0.5) is 5.69 Å². The minimum absolute atomic E-state index is 0.0339. The highest BCUT2D eigenvalue weighted by molar-refractivity contribution is 5.96. The number of hydrogen-bond acceptors (Lipinski definition) is 4. The van der Waals surface area contributed by atoms with Gasteiger partial charge in [-0.2, -0.15) is 5.10 Å². The molecule has 2 aromatic rings. The van der Waals surface area contributed by atoms with Crippen molar-refractivity contribution in [3.05, 3.63) is 58.0 Å². The molecule has 23 heavy (non-hydrogen) atoms. The second-order valence-corrected chi connectivity index (χ2v) is 5.72. The number of aromatic nitrogens is 2. The lowest BCUT2D eigenvalue weighted by Gasteiger charge is -2.22. The topological polar surface area (TPSA) is 72.3 Å². The number of carbonyl (C=O) groups excluding carboxylic acids is 2. The molecule has 1 aliphatic rings. The zero-order chi connectivity index (χ0) is 16.6. The zero-order valence-electron chi connectivity index (χ0n) is 13.0. The van der Waals surface area contributed by atoms with E-state index in [0.29, 0.717) is 0 Å². The number of Topliss-reactive ketones (excluding diaryl/α,β-unsaturated/α-hetero) is 1. The number of hydrogen-bond donors (Lipinski definition) is 0. The molecule has 1 amide bonds. The maximum atomic E-state index is 12.7. The molecule has 0 aliphatic carbocycles. The van der Waals surface area contributed by atoms with Crippen molar-refractivity contribution in [3.8, 4) is 0 Å². The summed E-state index contributed by atoms with van der Waals surface area (Å²) in [6.45, 7) is 3.16. The van der Waals surface area contributed by atoms with Gasteiger partial charge in [0.1, 0.15) is 12.2 Å². The third-order valence-electron chi connectivity index (χ3n) is 3.99. The van der Waals surface area contributed by atoms with Crippen molar-refractivity contribution >= 4 is 17.4 Å². The first kappa shape index (κ1) is 15.1. The average molecular weight is 311 g/mol. The lowest BCUT2D eigenvalue weighted by molar-refractivity contribution is -0.119. The van der Waals surface area contributed by atoms with Crippen LogP contribution in [0.1, 0.15) is 29.9 Å². The number of ketones is 1.